The zero-order chi connectivity index (χ0) is 33.4. The molecule has 0 unspecified atom stereocenters. The number of esters is 1. The van der Waals surface area contributed by atoms with Crippen LogP contribution in [0.15, 0.2) is 24.3 Å². The van der Waals surface area contributed by atoms with Crippen LogP contribution in [-0.2, 0) is 19.1 Å². The van der Waals surface area contributed by atoms with Crippen molar-refractivity contribution in [1.29, 1.82) is 0 Å². The summed E-state index contributed by atoms with van der Waals surface area (Å²) >= 11 is 0. The maximum atomic E-state index is 13.1. The fourth-order valence-corrected chi connectivity index (χ4v) is 13.0. The monoisotopic (exact) mass is 624 g/mol. The van der Waals surface area contributed by atoms with Gasteiger partial charge in [-0.2, -0.15) is 0 Å². The molecule has 0 aromatic rings. The van der Waals surface area contributed by atoms with Crippen molar-refractivity contribution in [2.24, 2.45) is 62.1 Å². The third kappa shape index (κ3) is 5.42. The second-order valence-electron chi connectivity index (χ2n) is 18.3. The number of carbonyl (C=O) groups is 3. The summed E-state index contributed by atoms with van der Waals surface area (Å²) < 4.78 is 6.23. The molecular formula is C39H60O6. The Hall–Kier alpha value is -2.11. The van der Waals surface area contributed by atoms with Crippen LogP contribution in [0.25, 0.3) is 0 Å². The minimum absolute atomic E-state index is 0.0422. The Morgan fingerprint density at radius 1 is 0.844 bits per heavy atom. The summed E-state index contributed by atoms with van der Waals surface area (Å²) in [6.45, 7) is 22.7. The van der Waals surface area contributed by atoms with Gasteiger partial charge in [-0.1, -0.05) is 66.7 Å². The van der Waals surface area contributed by atoms with E-state index < -0.39 is 17.4 Å². The van der Waals surface area contributed by atoms with E-state index in [1.54, 1.807) is 0 Å². The normalized spacial score (nSPS) is 43.8. The molecule has 5 aliphatic carbocycles. The number of carboxylic acid groups (broad SMARTS) is 2. The molecule has 0 aliphatic heterocycles. The number of carbonyl (C=O) groups excluding carboxylic acids is 1. The molecule has 0 aromatic carbocycles. The van der Waals surface area contributed by atoms with Crippen LogP contribution in [0.5, 0.6) is 0 Å². The number of hydrogen-bond acceptors (Lipinski definition) is 4. The van der Waals surface area contributed by atoms with Gasteiger partial charge in [-0.25, -0.2) is 4.79 Å². The fraction of sp³-hybridized carbons (Fsp3) is 0.821. The van der Waals surface area contributed by atoms with E-state index in [4.69, 9.17) is 4.74 Å². The Balaban J connectivity index is 1.40. The van der Waals surface area contributed by atoms with Crippen LogP contribution in [0.4, 0.5) is 0 Å². The Bertz CT molecular complexity index is 1260. The minimum atomic E-state index is -0.890. The third-order valence-electron chi connectivity index (χ3n) is 15.2. The summed E-state index contributed by atoms with van der Waals surface area (Å²) in [5.41, 5.74) is 0.928. The SMILES string of the molecule is C=C(C)[C@@H]1CC[C@]2(/C=C/C(=O)O)CC[C@]3(C)[C@H](CC[C@@H]4[C@@]5(C)CC[C@H](OC(=O)CC(C)(C)CC(=O)O)C(C)(C)[C@@H]5CC[C@]43C)[C@@H]12. The first-order valence-corrected chi connectivity index (χ1v) is 17.7. The Morgan fingerprint density at radius 2 is 1.53 bits per heavy atom. The molecule has 5 saturated carbocycles. The van der Waals surface area contributed by atoms with Gasteiger partial charge >= 0.3 is 17.9 Å². The van der Waals surface area contributed by atoms with Crippen molar-refractivity contribution in [2.75, 3.05) is 0 Å². The highest BCUT2D eigenvalue weighted by Crippen LogP contribution is 2.77. The molecule has 5 aliphatic rings. The maximum absolute atomic E-state index is 13.1. The van der Waals surface area contributed by atoms with Crippen LogP contribution in [-0.4, -0.2) is 34.2 Å². The van der Waals surface area contributed by atoms with Gasteiger partial charge in [0.25, 0.3) is 0 Å². The van der Waals surface area contributed by atoms with Crippen LogP contribution in [0.3, 0.4) is 0 Å². The number of aliphatic carboxylic acids is 2. The summed E-state index contributed by atoms with van der Waals surface area (Å²) in [5.74, 6) is 0.468. The third-order valence-corrected chi connectivity index (χ3v) is 15.2. The van der Waals surface area contributed by atoms with Crippen molar-refractivity contribution in [3.63, 3.8) is 0 Å². The van der Waals surface area contributed by atoms with Gasteiger partial charge < -0.3 is 14.9 Å². The summed E-state index contributed by atoms with van der Waals surface area (Å²) in [6.07, 6.45) is 14.4. The molecule has 0 amide bonds. The van der Waals surface area contributed by atoms with Crippen LogP contribution in [0.1, 0.15) is 132 Å². The van der Waals surface area contributed by atoms with Gasteiger partial charge in [0, 0.05) is 11.5 Å². The van der Waals surface area contributed by atoms with Crippen LogP contribution >= 0.6 is 0 Å². The largest absolute Gasteiger partial charge is 0.481 e. The highest BCUT2D eigenvalue weighted by molar-refractivity contribution is 5.79. The molecule has 6 heteroatoms. The first-order chi connectivity index (χ1) is 20.7. The first-order valence-electron chi connectivity index (χ1n) is 17.7. The molecule has 252 valence electrons. The zero-order valence-corrected chi connectivity index (χ0v) is 29.3. The molecule has 5 rings (SSSR count). The molecule has 10 atom stereocenters. The van der Waals surface area contributed by atoms with Gasteiger partial charge in [0.05, 0.1) is 12.8 Å². The molecular weight excluding hydrogens is 564 g/mol. The van der Waals surface area contributed by atoms with Gasteiger partial charge in [-0.15, -0.1) is 0 Å². The molecule has 0 aromatic heterocycles. The summed E-state index contributed by atoms with van der Waals surface area (Å²) in [6, 6.07) is 0. The van der Waals surface area contributed by atoms with E-state index in [2.05, 4.69) is 54.2 Å². The van der Waals surface area contributed by atoms with E-state index in [-0.39, 0.29) is 52.0 Å². The lowest BCUT2D eigenvalue weighted by Gasteiger charge is -2.73. The predicted octanol–water partition coefficient (Wildman–Crippen LogP) is 9.09. The van der Waals surface area contributed by atoms with Gasteiger partial charge in [0.1, 0.15) is 6.10 Å². The quantitative estimate of drug-likeness (QED) is 0.159. The number of ether oxygens (including phenoxy) is 1. The Labute approximate surface area is 271 Å². The van der Waals surface area contributed by atoms with Gasteiger partial charge in [-0.05, 0) is 128 Å². The van der Waals surface area contributed by atoms with Crippen molar-refractivity contribution in [1.82, 2.24) is 0 Å². The fourth-order valence-electron chi connectivity index (χ4n) is 13.0. The average molecular weight is 625 g/mol. The molecule has 45 heavy (non-hydrogen) atoms. The number of allylic oxidation sites excluding steroid dienone is 2. The molecule has 0 heterocycles. The Morgan fingerprint density at radius 3 is 2.16 bits per heavy atom. The van der Waals surface area contributed by atoms with Gasteiger partial charge in [0.15, 0.2) is 0 Å². The molecule has 0 saturated heterocycles. The molecule has 0 spiro atoms. The second kappa shape index (κ2) is 11.3. The highest BCUT2D eigenvalue weighted by Gasteiger charge is 2.70. The first kappa shape index (κ1) is 34.2. The molecule has 6 nitrogen and oxygen atoms in total. The van der Waals surface area contributed by atoms with Gasteiger partial charge in [0.2, 0.25) is 0 Å². The molecule has 5 fully saturated rings. The van der Waals surface area contributed by atoms with E-state index in [0.29, 0.717) is 29.6 Å². The van der Waals surface area contributed by atoms with E-state index in [1.807, 2.05) is 13.8 Å². The lowest BCUT2D eigenvalue weighted by Crippen LogP contribution is -2.66. The van der Waals surface area contributed by atoms with Crippen molar-refractivity contribution in [3.05, 3.63) is 24.3 Å². The molecule has 0 bridgehead atoms. The summed E-state index contributed by atoms with van der Waals surface area (Å²) in [7, 11) is 0. The second-order valence-corrected chi connectivity index (χ2v) is 18.3. The van der Waals surface area contributed by atoms with Crippen molar-refractivity contribution in [2.45, 2.75) is 139 Å². The van der Waals surface area contributed by atoms with E-state index in [0.717, 1.165) is 44.9 Å². The predicted molar refractivity (Wildman–Crippen MR) is 176 cm³/mol. The van der Waals surface area contributed by atoms with Crippen LogP contribution in [0, 0.1) is 62.1 Å². The summed E-state index contributed by atoms with van der Waals surface area (Å²) in [4.78, 5) is 36.1. The zero-order valence-electron chi connectivity index (χ0n) is 29.3. The average Bonchev–Trinajstić information content (AvgIpc) is 3.29. The maximum Gasteiger partial charge on any atom is 0.327 e. The van der Waals surface area contributed by atoms with Crippen LogP contribution < -0.4 is 0 Å². The summed E-state index contributed by atoms with van der Waals surface area (Å²) in [5, 5.41) is 18.9. The van der Waals surface area contributed by atoms with Crippen molar-refractivity contribution >= 4 is 17.9 Å². The van der Waals surface area contributed by atoms with E-state index in [9.17, 15) is 24.6 Å². The van der Waals surface area contributed by atoms with E-state index >= 15 is 0 Å². The van der Waals surface area contributed by atoms with Crippen LogP contribution in [0.2, 0.25) is 0 Å². The number of carboxylic acids is 2. The smallest absolute Gasteiger partial charge is 0.327 e. The standard InChI is InChI=1S/C39H60O6/c1-24(2)25-12-18-39(19-15-30(40)41)21-20-37(8)26(33(25)39)10-11-28-36(7)16-14-29(35(5,6)27(36)13-17-38(28,37)9)45-32(44)23-34(3,4)22-31(42)43/h15,19,25-29,33H,1,10-14,16-18,20-23H2,2-9H3,(H,40,41)(H,42,43)/b19-15+/t25-,26+,27-,28+,29-,33+,36-,37+,38+,39-/m0/s1. The number of rotatable bonds is 8. The topological polar surface area (TPSA) is 101 Å². The highest BCUT2D eigenvalue weighted by atomic mass is 16.5. The van der Waals surface area contributed by atoms with E-state index in [1.165, 1.54) is 30.9 Å². The number of hydrogen-bond donors (Lipinski definition) is 2. The Kier molecular flexibility index (Phi) is 8.56. The molecule has 2 N–H and O–H groups in total. The molecule has 0 radical (unpaired) electrons. The number of fused-ring (bicyclic) bond motifs is 7. The van der Waals surface area contributed by atoms with Crippen molar-refractivity contribution in [3.8, 4) is 0 Å². The van der Waals surface area contributed by atoms with Gasteiger partial charge in [-0.3, -0.25) is 9.59 Å². The lowest BCUT2D eigenvalue weighted by molar-refractivity contribution is -0.247. The lowest BCUT2D eigenvalue weighted by atomic mass is 9.32. The minimum Gasteiger partial charge on any atom is -0.481 e. The van der Waals surface area contributed by atoms with Crippen molar-refractivity contribution < 1.29 is 29.3 Å².